The van der Waals surface area contributed by atoms with Crippen LogP contribution in [0.3, 0.4) is 0 Å². The number of carbonyl (C=O) groups excluding carboxylic acids is 1. The molecule has 0 saturated carbocycles. The van der Waals surface area contributed by atoms with E-state index in [4.69, 9.17) is 5.11 Å². The van der Waals surface area contributed by atoms with Crippen molar-refractivity contribution >= 4 is 28.3 Å². The molecule has 1 fully saturated rings. The molecule has 0 aromatic carbocycles. The molecule has 7 heteroatoms. The average Bonchev–Trinajstić information content (AvgIpc) is 2.90. The molecule has 2 heterocycles. The van der Waals surface area contributed by atoms with Crippen molar-refractivity contribution in [3.8, 4) is 0 Å². The van der Waals surface area contributed by atoms with Gasteiger partial charge in [-0.1, -0.05) is 0 Å². The Morgan fingerprint density at radius 3 is 2.67 bits per heavy atom. The minimum Gasteiger partial charge on any atom is -0.481 e. The lowest BCUT2D eigenvalue weighted by Gasteiger charge is -2.32. The number of anilines is 1. The summed E-state index contributed by atoms with van der Waals surface area (Å²) in [5.74, 6) is -0.809. The van der Waals surface area contributed by atoms with Gasteiger partial charge in [0.15, 0.2) is 5.13 Å². The molecule has 1 aromatic heterocycles. The highest BCUT2D eigenvalue weighted by atomic mass is 32.1. The number of amides is 1. The number of hydrogen-bond donors (Lipinski definition) is 1. The fourth-order valence-corrected chi connectivity index (χ4v) is 3.35. The van der Waals surface area contributed by atoms with Crippen molar-refractivity contribution in [1.29, 1.82) is 0 Å². The molecule has 0 aliphatic carbocycles. The molecule has 1 aromatic rings. The Labute approximate surface area is 128 Å². The van der Waals surface area contributed by atoms with Crippen LogP contribution in [-0.2, 0) is 9.59 Å². The maximum absolute atomic E-state index is 12.3. The van der Waals surface area contributed by atoms with E-state index in [2.05, 4.69) is 9.88 Å². The van der Waals surface area contributed by atoms with Gasteiger partial charge in [0, 0.05) is 38.0 Å². The highest BCUT2D eigenvalue weighted by molar-refractivity contribution is 7.13. The van der Waals surface area contributed by atoms with Crippen molar-refractivity contribution < 1.29 is 14.7 Å². The number of piperidine rings is 1. The highest BCUT2D eigenvalue weighted by Crippen LogP contribution is 2.26. The molecule has 21 heavy (non-hydrogen) atoms. The van der Waals surface area contributed by atoms with Gasteiger partial charge in [0.25, 0.3) is 0 Å². The lowest BCUT2D eigenvalue weighted by molar-refractivity contribution is -0.139. The van der Waals surface area contributed by atoms with Crippen LogP contribution in [0.4, 0.5) is 5.13 Å². The topological polar surface area (TPSA) is 73.7 Å². The monoisotopic (exact) mass is 311 g/mol. The molecule has 0 atom stereocenters. The summed E-state index contributed by atoms with van der Waals surface area (Å²) < 4.78 is 0. The van der Waals surface area contributed by atoms with E-state index >= 15 is 0 Å². The zero-order chi connectivity index (χ0) is 15.4. The van der Waals surface area contributed by atoms with E-state index in [0.717, 1.165) is 36.8 Å². The molecule has 1 amide bonds. The minimum atomic E-state index is -0.872. The van der Waals surface area contributed by atoms with Gasteiger partial charge in [0.1, 0.15) is 0 Å². The summed E-state index contributed by atoms with van der Waals surface area (Å²) in [4.78, 5) is 31.1. The Morgan fingerprint density at radius 1 is 1.48 bits per heavy atom. The molecule has 0 spiro atoms. The molecule has 0 bridgehead atoms. The van der Waals surface area contributed by atoms with Crippen molar-refractivity contribution in [2.45, 2.75) is 26.2 Å². The van der Waals surface area contributed by atoms with Crippen LogP contribution in [-0.4, -0.2) is 53.5 Å². The largest absolute Gasteiger partial charge is 0.481 e. The lowest BCUT2D eigenvalue weighted by atomic mass is 9.95. The molecule has 1 saturated heterocycles. The molecule has 1 aliphatic heterocycles. The summed E-state index contributed by atoms with van der Waals surface area (Å²) in [7, 11) is 1.68. The van der Waals surface area contributed by atoms with Gasteiger partial charge in [-0.3, -0.25) is 9.59 Å². The number of carboxylic acids is 1. The van der Waals surface area contributed by atoms with Gasteiger partial charge in [-0.2, -0.15) is 0 Å². The standard InChI is InChI=1S/C14H21N3O3S/c1-10-9-21-14(15-10)17-7-3-11(4-8-17)13(20)16(2)6-5-12(18)19/h9,11H,3-8H2,1-2H3,(H,18,19). The van der Waals surface area contributed by atoms with E-state index in [0.29, 0.717) is 0 Å². The highest BCUT2D eigenvalue weighted by Gasteiger charge is 2.28. The Balaban J connectivity index is 1.82. The Morgan fingerprint density at radius 2 is 2.14 bits per heavy atom. The second kappa shape index (κ2) is 6.89. The Kier molecular flexibility index (Phi) is 5.17. The van der Waals surface area contributed by atoms with Crippen LogP contribution in [0.15, 0.2) is 5.38 Å². The minimum absolute atomic E-state index is 0.000519. The maximum Gasteiger partial charge on any atom is 0.305 e. The van der Waals surface area contributed by atoms with Gasteiger partial charge in [-0.15, -0.1) is 11.3 Å². The van der Waals surface area contributed by atoms with Gasteiger partial charge in [-0.05, 0) is 19.8 Å². The molecule has 6 nitrogen and oxygen atoms in total. The first kappa shape index (κ1) is 15.8. The maximum atomic E-state index is 12.3. The fraction of sp³-hybridized carbons (Fsp3) is 0.643. The second-order valence-electron chi connectivity index (χ2n) is 5.44. The molecular formula is C14H21N3O3S. The van der Waals surface area contributed by atoms with Crippen LogP contribution >= 0.6 is 11.3 Å². The van der Waals surface area contributed by atoms with E-state index in [1.165, 1.54) is 0 Å². The molecular weight excluding hydrogens is 290 g/mol. The smallest absolute Gasteiger partial charge is 0.305 e. The third kappa shape index (κ3) is 4.17. The third-order valence-electron chi connectivity index (χ3n) is 3.76. The first-order valence-electron chi connectivity index (χ1n) is 7.11. The average molecular weight is 311 g/mol. The number of carbonyl (C=O) groups is 2. The first-order valence-corrected chi connectivity index (χ1v) is 7.99. The number of carboxylic acid groups (broad SMARTS) is 1. The summed E-state index contributed by atoms with van der Waals surface area (Å²) in [6.07, 6.45) is 1.60. The first-order chi connectivity index (χ1) is 9.97. The lowest BCUT2D eigenvalue weighted by Crippen LogP contribution is -2.41. The predicted octanol–water partition coefficient (Wildman–Crippen LogP) is 1.60. The van der Waals surface area contributed by atoms with Crippen LogP contribution in [0.1, 0.15) is 25.0 Å². The molecule has 2 rings (SSSR count). The van der Waals surface area contributed by atoms with Gasteiger partial charge >= 0.3 is 5.97 Å². The van der Waals surface area contributed by atoms with Gasteiger partial charge in [0.2, 0.25) is 5.91 Å². The number of aryl methyl sites for hydroxylation is 1. The Hall–Kier alpha value is -1.63. The molecule has 116 valence electrons. The van der Waals surface area contributed by atoms with E-state index in [9.17, 15) is 9.59 Å². The van der Waals surface area contributed by atoms with Crippen LogP contribution in [0.25, 0.3) is 0 Å². The summed E-state index contributed by atoms with van der Waals surface area (Å²) in [5.41, 5.74) is 1.03. The predicted molar refractivity (Wildman–Crippen MR) is 81.7 cm³/mol. The molecule has 1 aliphatic rings. The summed E-state index contributed by atoms with van der Waals surface area (Å²) in [6.45, 7) is 3.92. The van der Waals surface area contributed by atoms with Crippen molar-refractivity contribution in [2.24, 2.45) is 5.92 Å². The van der Waals surface area contributed by atoms with Crippen molar-refractivity contribution in [1.82, 2.24) is 9.88 Å². The number of nitrogens with zero attached hydrogens (tertiary/aromatic N) is 3. The summed E-state index contributed by atoms with van der Waals surface area (Å²) in [5, 5.41) is 11.7. The van der Waals surface area contributed by atoms with Crippen molar-refractivity contribution in [3.05, 3.63) is 11.1 Å². The van der Waals surface area contributed by atoms with Crippen molar-refractivity contribution in [3.63, 3.8) is 0 Å². The van der Waals surface area contributed by atoms with Crippen LogP contribution in [0.2, 0.25) is 0 Å². The number of aromatic nitrogens is 1. The zero-order valence-electron chi connectivity index (χ0n) is 12.4. The van der Waals surface area contributed by atoms with Crippen LogP contribution < -0.4 is 4.90 Å². The number of rotatable bonds is 5. The molecule has 0 radical (unpaired) electrons. The van der Waals surface area contributed by atoms with Crippen molar-refractivity contribution in [2.75, 3.05) is 31.6 Å². The van der Waals surface area contributed by atoms with Gasteiger partial charge < -0.3 is 14.9 Å². The van der Waals surface area contributed by atoms with Gasteiger partial charge in [-0.25, -0.2) is 4.98 Å². The van der Waals surface area contributed by atoms with E-state index in [1.807, 2.05) is 12.3 Å². The Bertz CT molecular complexity index is 509. The van der Waals surface area contributed by atoms with E-state index in [1.54, 1.807) is 23.3 Å². The summed E-state index contributed by atoms with van der Waals surface area (Å²) in [6, 6.07) is 0. The normalized spacial score (nSPS) is 16.0. The molecule has 0 unspecified atom stereocenters. The number of thiazole rings is 1. The quantitative estimate of drug-likeness (QED) is 0.894. The summed E-state index contributed by atoms with van der Waals surface area (Å²) >= 11 is 1.64. The van der Waals surface area contributed by atoms with E-state index in [-0.39, 0.29) is 24.8 Å². The van der Waals surface area contributed by atoms with Gasteiger partial charge in [0.05, 0.1) is 12.1 Å². The second-order valence-corrected chi connectivity index (χ2v) is 6.27. The number of hydrogen-bond acceptors (Lipinski definition) is 5. The SMILES string of the molecule is Cc1csc(N2CCC(C(=O)N(C)CCC(=O)O)CC2)n1. The molecule has 1 N–H and O–H groups in total. The van der Waals surface area contributed by atoms with E-state index < -0.39 is 5.97 Å². The zero-order valence-corrected chi connectivity index (χ0v) is 13.2. The third-order valence-corrected chi connectivity index (χ3v) is 4.78. The van der Waals surface area contributed by atoms with Crippen LogP contribution in [0.5, 0.6) is 0 Å². The van der Waals surface area contributed by atoms with Crippen LogP contribution in [0, 0.1) is 12.8 Å². The fourth-order valence-electron chi connectivity index (χ4n) is 2.49. The number of aliphatic carboxylic acids is 1.